The van der Waals surface area contributed by atoms with E-state index in [-0.39, 0.29) is 30.2 Å². The molecular weight excluding hydrogens is 264 g/mol. The van der Waals surface area contributed by atoms with Gasteiger partial charge in [-0.3, -0.25) is 4.79 Å². The maximum absolute atomic E-state index is 11.5. The fourth-order valence-corrected chi connectivity index (χ4v) is 1.46. The van der Waals surface area contributed by atoms with Crippen LogP contribution >= 0.6 is 0 Å². The molecule has 8 heteroatoms. The topological polar surface area (TPSA) is 134 Å². The van der Waals surface area contributed by atoms with Crippen LogP contribution in [0.3, 0.4) is 0 Å². The van der Waals surface area contributed by atoms with Crippen LogP contribution in [-0.4, -0.2) is 36.1 Å². The smallest absolute Gasteiger partial charge is 0.337 e. The van der Waals surface area contributed by atoms with E-state index < -0.39 is 12.0 Å². The molecule has 8 nitrogen and oxygen atoms in total. The monoisotopic (exact) mass is 280 g/mol. The van der Waals surface area contributed by atoms with E-state index in [1.807, 2.05) is 0 Å². The molecule has 0 atom stereocenters. The Bertz CT molecular complexity index is 530. The summed E-state index contributed by atoms with van der Waals surface area (Å²) in [5.74, 6) is -1.53. The van der Waals surface area contributed by atoms with Crippen LogP contribution in [0.4, 0.5) is 16.2 Å². The first-order chi connectivity index (χ1) is 9.43. The molecule has 0 aliphatic heterocycles. The predicted octanol–water partition coefficient (Wildman–Crippen LogP) is 0.423. The fourth-order valence-electron chi connectivity index (χ4n) is 1.46. The minimum Gasteiger partial charge on any atom is -0.478 e. The molecule has 108 valence electrons. The molecule has 0 radical (unpaired) electrons. The first kappa shape index (κ1) is 15.4. The van der Waals surface area contributed by atoms with Crippen molar-refractivity contribution in [2.75, 3.05) is 23.7 Å². The first-order valence-corrected chi connectivity index (χ1v) is 5.84. The molecule has 1 rings (SSSR count). The standard InChI is InChI=1S/C12H16N4O4/c1-7(17)15-8-2-3-10(9(6-8)11(18)19)16-12(20)14-5-4-13/h2-3,6H,4-5,13H2,1H3,(H,15,17)(H,18,19)(H2,14,16,20). The van der Waals surface area contributed by atoms with Crippen molar-refractivity contribution in [1.29, 1.82) is 0 Å². The van der Waals surface area contributed by atoms with Gasteiger partial charge in [-0.1, -0.05) is 0 Å². The van der Waals surface area contributed by atoms with Gasteiger partial charge in [0.25, 0.3) is 0 Å². The van der Waals surface area contributed by atoms with Crippen LogP contribution in [0.25, 0.3) is 0 Å². The van der Waals surface area contributed by atoms with Crippen LogP contribution in [0.1, 0.15) is 17.3 Å². The number of amides is 3. The Morgan fingerprint density at radius 2 is 1.95 bits per heavy atom. The Morgan fingerprint density at radius 1 is 1.25 bits per heavy atom. The maximum atomic E-state index is 11.5. The van der Waals surface area contributed by atoms with Crippen molar-refractivity contribution in [3.05, 3.63) is 23.8 Å². The maximum Gasteiger partial charge on any atom is 0.337 e. The zero-order chi connectivity index (χ0) is 15.1. The molecule has 0 bridgehead atoms. The zero-order valence-corrected chi connectivity index (χ0v) is 10.9. The van der Waals surface area contributed by atoms with Gasteiger partial charge >= 0.3 is 12.0 Å². The second kappa shape index (κ2) is 7.10. The van der Waals surface area contributed by atoms with Gasteiger partial charge in [0, 0.05) is 25.7 Å². The second-order valence-electron chi connectivity index (χ2n) is 3.92. The Hall–Kier alpha value is -2.61. The van der Waals surface area contributed by atoms with Gasteiger partial charge < -0.3 is 26.8 Å². The van der Waals surface area contributed by atoms with Crippen LogP contribution in [0, 0.1) is 0 Å². The number of anilines is 2. The summed E-state index contributed by atoms with van der Waals surface area (Å²) in [4.78, 5) is 33.5. The number of urea groups is 1. The summed E-state index contributed by atoms with van der Waals surface area (Å²) in [7, 11) is 0. The van der Waals surface area contributed by atoms with Crippen LogP contribution in [-0.2, 0) is 4.79 Å². The number of carboxylic acids is 1. The van der Waals surface area contributed by atoms with Crippen LogP contribution in [0.2, 0.25) is 0 Å². The van der Waals surface area contributed by atoms with Crippen molar-refractivity contribution >= 4 is 29.3 Å². The van der Waals surface area contributed by atoms with Gasteiger partial charge in [-0.05, 0) is 18.2 Å². The molecule has 0 aliphatic carbocycles. The Kier molecular flexibility index (Phi) is 5.48. The number of hydrogen-bond donors (Lipinski definition) is 5. The number of nitrogens with one attached hydrogen (secondary N) is 3. The number of benzene rings is 1. The average molecular weight is 280 g/mol. The number of aromatic carboxylic acids is 1. The largest absolute Gasteiger partial charge is 0.478 e. The molecule has 20 heavy (non-hydrogen) atoms. The number of nitrogens with two attached hydrogens (primary N) is 1. The number of carbonyl (C=O) groups is 3. The summed E-state index contributed by atoms with van der Waals surface area (Å²) in [6, 6.07) is 3.61. The predicted molar refractivity (Wildman–Crippen MR) is 73.8 cm³/mol. The Morgan fingerprint density at radius 3 is 2.50 bits per heavy atom. The molecule has 1 aromatic carbocycles. The highest BCUT2D eigenvalue weighted by Gasteiger charge is 2.13. The van der Waals surface area contributed by atoms with E-state index in [9.17, 15) is 14.4 Å². The molecule has 3 amide bonds. The van der Waals surface area contributed by atoms with E-state index in [0.29, 0.717) is 5.69 Å². The molecule has 1 aromatic rings. The van der Waals surface area contributed by atoms with Crippen molar-refractivity contribution in [3.63, 3.8) is 0 Å². The summed E-state index contributed by atoms with van der Waals surface area (Å²) < 4.78 is 0. The molecule has 6 N–H and O–H groups in total. The minimum atomic E-state index is -1.22. The van der Waals surface area contributed by atoms with E-state index in [1.165, 1.54) is 25.1 Å². The van der Waals surface area contributed by atoms with Crippen LogP contribution in [0.5, 0.6) is 0 Å². The zero-order valence-electron chi connectivity index (χ0n) is 10.9. The average Bonchev–Trinajstić information content (AvgIpc) is 2.37. The van der Waals surface area contributed by atoms with Crippen molar-refractivity contribution in [3.8, 4) is 0 Å². The molecule has 0 saturated heterocycles. The van der Waals surface area contributed by atoms with Crippen molar-refractivity contribution in [2.24, 2.45) is 5.73 Å². The molecule has 0 aliphatic rings. The first-order valence-electron chi connectivity index (χ1n) is 5.84. The van der Waals surface area contributed by atoms with E-state index in [2.05, 4.69) is 16.0 Å². The van der Waals surface area contributed by atoms with Gasteiger partial charge in [-0.25, -0.2) is 9.59 Å². The summed E-state index contributed by atoms with van der Waals surface area (Å²) in [6.07, 6.45) is 0. The second-order valence-corrected chi connectivity index (χ2v) is 3.92. The highest BCUT2D eigenvalue weighted by atomic mass is 16.4. The Balaban J connectivity index is 2.92. The fraction of sp³-hybridized carbons (Fsp3) is 0.250. The Labute approximate surface area is 115 Å². The van der Waals surface area contributed by atoms with E-state index in [0.717, 1.165) is 0 Å². The van der Waals surface area contributed by atoms with E-state index >= 15 is 0 Å². The van der Waals surface area contributed by atoms with Gasteiger partial charge in [0.05, 0.1) is 11.3 Å². The molecule has 0 aromatic heterocycles. The normalized spacial score (nSPS) is 9.70. The third-order valence-electron chi connectivity index (χ3n) is 2.25. The van der Waals surface area contributed by atoms with Gasteiger partial charge in [0.1, 0.15) is 0 Å². The quantitative estimate of drug-likeness (QED) is 0.533. The highest BCUT2D eigenvalue weighted by Crippen LogP contribution is 2.20. The molecule has 0 fully saturated rings. The number of carbonyl (C=O) groups excluding carboxylic acids is 2. The number of rotatable bonds is 5. The SMILES string of the molecule is CC(=O)Nc1ccc(NC(=O)NCCN)c(C(=O)O)c1. The van der Waals surface area contributed by atoms with Crippen molar-refractivity contribution in [1.82, 2.24) is 5.32 Å². The van der Waals surface area contributed by atoms with Gasteiger partial charge in [-0.2, -0.15) is 0 Å². The lowest BCUT2D eigenvalue weighted by atomic mass is 10.1. The van der Waals surface area contributed by atoms with Gasteiger partial charge in [-0.15, -0.1) is 0 Å². The summed E-state index contributed by atoms with van der Waals surface area (Å²) in [5, 5.41) is 16.4. The lowest BCUT2D eigenvalue weighted by molar-refractivity contribution is -0.114. The van der Waals surface area contributed by atoms with Crippen molar-refractivity contribution < 1.29 is 19.5 Å². The third kappa shape index (κ3) is 4.58. The van der Waals surface area contributed by atoms with E-state index in [1.54, 1.807) is 0 Å². The molecule has 0 saturated carbocycles. The molecule has 0 heterocycles. The molecule has 0 unspecified atom stereocenters. The van der Waals surface area contributed by atoms with Gasteiger partial charge in [0.2, 0.25) is 5.91 Å². The van der Waals surface area contributed by atoms with Crippen LogP contribution < -0.4 is 21.7 Å². The lowest BCUT2D eigenvalue weighted by Gasteiger charge is -2.11. The van der Waals surface area contributed by atoms with Gasteiger partial charge in [0.15, 0.2) is 0 Å². The minimum absolute atomic E-state index is 0.126. The summed E-state index contributed by atoms with van der Waals surface area (Å²) >= 11 is 0. The van der Waals surface area contributed by atoms with Crippen LogP contribution in [0.15, 0.2) is 18.2 Å². The summed E-state index contributed by atoms with van der Waals surface area (Å²) in [5.41, 5.74) is 5.57. The lowest BCUT2D eigenvalue weighted by Crippen LogP contribution is -2.33. The van der Waals surface area contributed by atoms with Crippen molar-refractivity contribution in [2.45, 2.75) is 6.92 Å². The molecule has 0 spiro atoms. The number of carboxylic acid groups (broad SMARTS) is 1. The highest BCUT2D eigenvalue weighted by molar-refractivity contribution is 6.01. The number of hydrogen-bond acceptors (Lipinski definition) is 4. The summed E-state index contributed by atoms with van der Waals surface area (Å²) in [6.45, 7) is 1.87. The molecular formula is C12H16N4O4. The third-order valence-corrected chi connectivity index (χ3v) is 2.25. The van der Waals surface area contributed by atoms with E-state index in [4.69, 9.17) is 10.8 Å².